The molecule has 31 heavy (non-hydrogen) atoms. The maximum Gasteiger partial charge on any atom is 0.341 e. The standard InChI is InChI=1S/C24H24BrNO4S/c1-5-16-6-8-17(9-7-16)19-13-31-23(21(19)24(28)29-4)26-20(27)12-30-22-14(2)10-18(25)11-15(22)3/h6-11,13H,5,12H2,1-4H3,(H,26,27). The molecule has 0 aliphatic rings. The van der Waals surface area contributed by atoms with Gasteiger partial charge in [-0.1, -0.05) is 47.1 Å². The van der Waals surface area contributed by atoms with Crippen molar-refractivity contribution in [3.8, 4) is 16.9 Å². The summed E-state index contributed by atoms with van der Waals surface area (Å²) in [5, 5.41) is 5.10. The van der Waals surface area contributed by atoms with Crippen LogP contribution in [0.3, 0.4) is 0 Å². The van der Waals surface area contributed by atoms with Crippen LogP contribution in [0.4, 0.5) is 5.00 Å². The molecule has 3 rings (SSSR count). The Morgan fingerprint density at radius 1 is 1.10 bits per heavy atom. The summed E-state index contributed by atoms with van der Waals surface area (Å²) >= 11 is 4.74. The zero-order valence-corrected chi connectivity index (χ0v) is 20.3. The van der Waals surface area contributed by atoms with E-state index in [0.29, 0.717) is 16.3 Å². The van der Waals surface area contributed by atoms with E-state index in [1.54, 1.807) is 0 Å². The van der Waals surface area contributed by atoms with Crippen molar-refractivity contribution in [1.82, 2.24) is 0 Å². The topological polar surface area (TPSA) is 64.6 Å². The quantitative estimate of drug-likeness (QED) is 0.393. The lowest BCUT2D eigenvalue weighted by Crippen LogP contribution is -2.21. The minimum Gasteiger partial charge on any atom is -0.483 e. The Kier molecular flexibility index (Phi) is 7.51. The molecule has 0 spiro atoms. The molecule has 0 fully saturated rings. The molecule has 0 bridgehead atoms. The third-order valence-corrected chi connectivity index (χ3v) is 6.23. The molecule has 0 aliphatic carbocycles. The highest BCUT2D eigenvalue weighted by Crippen LogP contribution is 2.36. The van der Waals surface area contributed by atoms with Gasteiger partial charge in [-0.15, -0.1) is 11.3 Å². The first-order valence-electron chi connectivity index (χ1n) is 9.82. The molecular formula is C24H24BrNO4S. The number of methoxy groups -OCH3 is 1. The van der Waals surface area contributed by atoms with Gasteiger partial charge in [-0.05, 0) is 54.7 Å². The van der Waals surface area contributed by atoms with Crippen molar-refractivity contribution in [3.05, 3.63) is 68.5 Å². The molecule has 1 heterocycles. The number of hydrogen-bond acceptors (Lipinski definition) is 5. The van der Waals surface area contributed by atoms with Crippen molar-refractivity contribution in [2.75, 3.05) is 19.0 Å². The van der Waals surface area contributed by atoms with Crippen molar-refractivity contribution in [2.45, 2.75) is 27.2 Å². The van der Waals surface area contributed by atoms with Gasteiger partial charge < -0.3 is 14.8 Å². The number of amides is 1. The largest absolute Gasteiger partial charge is 0.483 e. The van der Waals surface area contributed by atoms with Crippen LogP contribution in [0.25, 0.3) is 11.1 Å². The Labute approximate surface area is 194 Å². The Bertz CT molecular complexity index is 1080. The molecule has 0 saturated carbocycles. The van der Waals surface area contributed by atoms with Crippen molar-refractivity contribution in [3.63, 3.8) is 0 Å². The number of carbonyl (C=O) groups excluding carboxylic acids is 2. The number of halogens is 1. The molecule has 0 radical (unpaired) electrons. The van der Waals surface area contributed by atoms with Crippen LogP contribution in [-0.4, -0.2) is 25.6 Å². The highest BCUT2D eigenvalue weighted by Gasteiger charge is 2.22. The van der Waals surface area contributed by atoms with E-state index in [1.807, 2.05) is 55.6 Å². The number of aryl methyl sites for hydroxylation is 3. The van der Waals surface area contributed by atoms with Gasteiger partial charge in [-0.2, -0.15) is 0 Å². The number of esters is 1. The molecule has 1 amide bonds. The zero-order chi connectivity index (χ0) is 22.5. The fourth-order valence-electron chi connectivity index (χ4n) is 3.31. The summed E-state index contributed by atoms with van der Waals surface area (Å²) in [6.07, 6.45) is 0.937. The first-order chi connectivity index (χ1) is 14.8. The van der Waals surface area contributed by atoms with Crippen LogP contribution in [0, 0.1) is 13.8 Å². The van der Waals surface area contributed by atoms with Crippen LogP contribution in [0.2, 0.25) is 0 Å². The predicted octanol–water partition coefficient (Wildman–Crippen LogP) is 6.16. The summed E-state index contributed by atoms with van der Waals surface area (Å²) in [5.74, 6) is -0.164. The van der Waals surface area contributed by atoms with Gasteiger partial charge in [-0.25, -0.2) is 4.79 Å². The smallest absolute Gasteiger partial charge is 0.341 e. The van der Waals surface area contributed by atoms with Gasteiger partial charge in [0, 0.05) is 15.4 Å². The molecule has 5 nitrogen and oxygen atoms in total. The fourth-order valence-corrected chi connectivity index (χ4v) is 4.97. The Morgan fingerprint density at radius 2 is 1.74 bits per heavy atom. The number of anilines is 1. The number of hydrogen-bond donors (Lipinski definition) is 1. The molecule has 1 N–H and O–H groups in total. The molecule has 1 aromatic heterocycles. The summed E-state index contributed by atoms with van der Waals surface area (Å²) < 4.78 is 11.7. The highest BCUT2D eigenvalue weighted by atomic mass is 79.9. The monoisotopic (exact) mass is 501 g/mol. The van der Waals surface area contributed by atoms with Gasteiger partial charge in [0.2, 0.25) is 0 Å². The van der Waals surface area contributed by atoms with Gasteiger partial charge in [-0.3, -0.25) is 4.79 Å². The number of nitrogens with one attached hydrogen (secondary N) is 1. The summed E-state index contributed by atoms with van der Waals surface area (Å²) in [6, 6.07) is 11.9. The number of carbonyl (C=O) groups is 2. The van der Waals surface area contributed by atoms with E-state index >= 15 is 0 Å². The van der Waals surface area contributed by atoms with Crippen molar-refractivity contribution < 1.29 is 19.1 Å². The first kappa shape index (κ1) is 23.0. The molecule has 0 saturated heterocycles. The maximum atomic E-state index is 12.6. The van der Waals surface area contributed by atoms with E-state index in [2.05, 4.69) is 28.2 Å². The van der Waals surface area contributed by atoms with E-state index in [0.717, 1.165) is 33.1 Å². The number of benzene rings is 2. The van der Waals surface area contributed by atoms with Crippen LogP contribution >= 0.6 is 27.3 Å². The average Bonchev–Trinajstić information content (AvgIpc) is 3.15. The number of rotatable bonds is 7. The third-order valence-electron chi connectivity index (χ3n) is 4.88. The van der Waals surface area contributed by atoms with Crippen LogP contribution in [-0.2, 0) is 16.0 Å². The Morgan fingerprint density at radius 3 is 2.32 bits per heavy atom. The normalized spacial score (nSPS) is 10.6. The van der Waals surface area contributed by atoms with E-state index in [4.69, 9.17) is 9.47 Å². The lowest BCUT2D eigenvalue weighted by atomic mass is 10.0. The van der Waals surface area contributed by atoms with Crippen LogP contribution in [0.1, 0.15) is 34.0 Å². The molecule has 0 atom stereocenters. The summed E-state index contributed by atoms with van der Waals surface area (Å²) in [6.45, 7) is 5.78. The zero-order valence-electron chi connectivity index (χ0n) is 17.9. The lowest BCUT2D eigenvalue weighted by Gasteiger charge is -2.13. The average molecular weight is 502 g/mol. The van der Waals surface area contributed by atoms with E-state index < -0.39 is 5.97 Å². The number of ether oxygens (including phenoxy) is 2. The number of thiophene rings is 1. The molecule has 2 aromatic carbocycles. The molecule has 0 unspecified atom stereocenters. The van der Waals surface area contributed by atoms with Crippen molar-refractivity contribution in [1.29, 1.82) is 0 Å². The van der Waals surface area contributed by atoms with E-state index in [1.165, 1.54) is 24.0 Å². The van der Waals surface area contributed by atoms with Crippen LogP contribution in [0.15, 0.2) is 46.3 Å². The van der Waals surface area contributed by atoms with Crippen molar-refractivity contribution in [2.24, 2.45) is 0 Å². The van der Waals surface area contributed by atoms with Gasteiger partial charge >= 0.3 is 5.97 Å². The molecule has 7 heteroatoms. The molecule has 0 aliphatic heterocycles. The minimum absolute atomic E-state index is 0.164. The summed E-state index contributed by atoms with van der Waals surface area (Å²) in [4.78, 5) is 25.1. The van der Waals surface area contributed by atoms with Crippen LogP contribution in [0.5, 0.6) is 5.75 Å². The van der Waals surface area contributed by atoms with Gasteiger partial charge in [0.25, 0.3) is 5.91 Å². The van der Waals surface area contributed by atoms with Gasteiger partial charge in [0.1, 0.15) is 16.3 Å². The Hall–Kier alpha value is -2.64. The second-order valence-electron chi connectivity index (χ2n) is 7.10. The summed E-state index contributed by atoms with van der Waals surface area (Å²) in [5.41, 5.74) is 5.05. The van der Waals surface area contributed by atoms with Crippen molar-refractivity contribution >= 4 is 44.1 Å². The first-order valence-corrected chi connectivity index (χ1v) is 11.5. The molecule has 162 valence electrons. The second-order valence-corrected chi connectivity index (χ2v) is 8.90. The fraction of sp³-hybridized carbons (Fsp3) is 0.250. The van der Waals surface area contributed by atoms with Gasteiger partial charge in [0.15, 0.2) is 6.61 Å². The molecular weight excluding hydrogens is 478 g/mol. The maximum absolute atomic E-state index is 12.6. The van der Waals surface area contributed by atoms with Gasteiger partial charge in [0.05, 0.1) is 7.11 Å². The summed E-state index contributed by atoms with van der Waals surface area (Å²) in [7, 11) is 1.33. The second kappa shape index (κ2) is 10.1. The lowest BCUT2D eigenvalue weighted by molar-refractivity contribution is -0.118. The minimum atomic E-state index is -0.494. The van der Waals surface area contributed by atoms with E-state index in [-0.39, 0.29) is 12.5 Å². The SMILES string of the molecule is CCc1ccc(-c2csc(NC(=O)COc3c(C)cc(Br)cc3C)c2C(=O)OC)cc1. The Balaban J connectivity index is 1.80. The molecule has 3 aromatic rings. The predicted molar refractivity (Wildman–Crippen MR) is 128 cm³/mol. The van der Waals surface area contributed by atoms with E-state index in [9.17, 15) is 9.59 Å². The van der Waals surface area contributed by atoms with Crippen LogP contribution < -0.4 is 10.1 Å². The highest BCUT2D eigenvalue weighted by molar-refractivity contribution is 9.10. The third kappa shape index (κ3) is 5.35.